The lowest BCUT2D eigenvalue weighted by Crippen LogP contribution is -2.27. The van der Waals surface area contributed by atoms with E-state index in [0.29, 0.717) is 29.1 Å². The smallest absolute Gasteiger partial charge is 0.255 e. The number of carbonyl (C=O) groups is 2. The summed E-state index contributed by atoms with van der Waals surface area (Å²) in [5.41, 5.74) is 2.31. The van der Waals surface area contributed by atoms with Crippen LogP contribution in [0.4, 0.5) is 11.4 Å². The van der Waals surface area contributed by atoms with Crippen LogP contribution in [-0.2, 0) is 9.53 Å². The Labute approximate surface area is 146 Å². The van der Waals surface area contributed by atoms with Crippen molar-refractivity contribution in [1.29, 1.82) is 0 Å². The monoisotopic (exact) mass is 334 g/mol. The number of ether oxygens (including phenoxy) is 1. The number of rotatable bonds is 4. The average Bonchev–Trinajstić information content (AvgIpc) is 3.17. The molecule has 0 bridgehead atoms. The number of benzene rings is 2. The van der Waals surface area contributed by atoms with Crippen molar-refractivity contribution in [2.24, 2.45) is 0 Å². The Morgan fingerprint density at radius 2 is 1.84 bits per heavy atom. The van der Waals surface area contributed by atoms with E-state index in [1.54, 1.807) is 48.5 Å². The molecule has 1 fully saturated rings. The molecular formula is C20H18N2O3. The van der Waals surface area contributed by atoms with Gasteiger partial charge in [-0.05, 0) is 49.2 Å². The first-order valence-corrected chi connectivity index (χ1v) is 8.06. The van der Waals surface area contributed by atoms with Crippen LogP contribution in [0.1, 0.15) is 28.8 Å². The second-order valence-corrected chi connectivity index (χ2v) is 5.75. The topological polar surface area (TPSA) is 67.4 Å². The molecule has 0 aromatic heterocycles. The Morgan fingerprint density at radius 3 is 2.56 bits per heavy atom. The highest BCUT2D eigenvalue weighted by Crippen LogP contribution is 2.17. The molecule has 2 aromatic rings. The lowest BCUT2D eigenvalue weighted by molar-refractivity contribution is -0.124. The van der Waals surface area contributed by atoms with E-state index in [-0.39, 0.29) is 11.8 Å². The second kappa shape index (κ2) is 7.65. The summed E-state index contributed by atoms with van der Waals surface area (Å²) in [5, 5.41) is 5.59. The minimum atomic E-state index is -0.413. The lowest BCUT2D eigenvalue weighted by Gasteiger charge is -2.11. The van der Waals surface area contributed by atoms with Gasteiger partial charge in [-0.2, -0.15) is 0 Å². The minimum absolute atomic E-state index is 0.184. The number of anilines is 2. The zero-order valence-electron chi connectivity index (χ0n) is 13.6. The first kappa shape index (κ1) is 16.7. The Kier molecular flexibility index (Phi) is 5.12. The quantitative estimate of drug-likeness (QED) is 0.845. The van der Waals surface area contributed by atoms with E-state index in [2.05, 4.69) is 16.6 Å². The second-order valence-electron chi connectivity index (χ2n) is 5.75. The van der Waals surface area contributed by atoms with Gasteiger partial charge in [0.05, 0.1) is 0 Å². The molecule has 1 aliphatic rings. The maximum absolute atomic E-state index is 12.4. The fourth-order valence-electron chi connectivity index (χ4n) is 2.64. The molecule has 2 aromatic carbocycles. The summed E-state index contributed by atoms with van der Waals surface area (Å²) in [6.45, 7) is 0.608. The molecule has 1 atom stereocenters. The SMILES string of the molecule is C#Cc1cccc(NC(=O)c2cccc(NC(=O)[C@H]3CCCO3)c2)c1. The summed E-state index contributed by atoms with van der Waals surface area (Å²) >= 11 is 0. The first-order chi connectivity index (χ1) is 12.2. The number of amides is 2. The van der Waals surface area contributed by atoms with Crippen molar-refractivity contribution in [1.82, 2.24) is 0 Å². The predicted molar refractivity (Wildman–Crippen MR) is 96.4 cm³/mol. The van der Waals surface area contributed by atoms with Gasteiger partial charge in [0, 0.05) is 29.1 Å². The fraction of sp³-hybridized carbons (Fsp3) is 0.200. The molecule has 0 unspecified atom stereocenters. The third kappa shape index (κ3) is 4.25. The maximum atomic E-state index is 12.4. The summed E-state index contributed by atoms with van der Waals surface area (Å²) in [6, 6.07) is 13.8. The van der Waals surface area contributed by atoms with Crippen LogP contribution < -0.4 is 10.6 Å². The van der Waals surface area contributed by atoms with Gasteiger partial charge in [-0.3, -0.25) is 9.59 Å². The van der Waals surface area contributed by atoms with Gasteiger partial charge < -0.3 is 15.4 Å². The Balaban J connectivity index is 1.68. The summed E-state index contributed by atoms with van der Waals surface area (Å²) < 4.78 is 5.36. The summed E-state index contributed by atoms with van der Waals surface area (Å²) in [5.74, 6) is 2.07. The molecule has 0 aliphatic carbocycles. The van der Waals surface area contributed by atoms with Crippen LogP contribution in [0.25, 0.3) is 0 Å². The van der Waals surface area contributed by atoms with Crippen LogP contribution in [0.15, 0.2) is 48.5 Å². The summed E-state index contributed by atoms with van der Waals surface area (Å²) in [7, 11) is 0. The van der Waals surface area contributed by atoms with Crippen LogP contribution in [0.3, 0.4) is 0 Å². The van der Waals surface area contributed by atoms with Gasteiger partial charge in [-0.1, -0.05) is 18.1 Å². The molecule has 0 radical (unpaired) electrons. The number of hydrogen-bond donors (Lipinski definition) is 2. The molecule has 25 heavy (non-hydrogen) atoms. The average molecular weight is 334 g/mol. The molecule has 0 saturated carbocycles. The lowest BCUT2D eigenvalue weighted by atomic mass is 10.1. The molecule has 2 amide bonds. The van der Waals surface area contributed by atoms with Crippen LogP contribution in [0.5, 0.6) is 0 Å². The molecule has 5 nitrogen and oxygen atoms in total. The number of nitrogens with one attached hydrogen (secondary N) is 2. The molecule has 0 spiro atoms. The molecule has 5 heteroatoms. The highest BCUT2D eigenvalue weighted by Gasteiger charge is 2.23. The normalized spacial score (nSPS) is 16.0. The van der Waals surface area contributed by atoms with E-state index in [0.717, 1.165) is 12.8 Å². The fourth-order valence-corrected chi connectivity index (χ4v) is 2.64. The zero-order valence-corrected chi connectivity index (χ0v) is 13.6. The van der Waals surface area contributed by atoms with Crippen LogP contribution in [-0.4, -0.2) is 24.5 Å². The molecule has 1 heterocycles. The van der Waals surface area contributed by atoms with E-state index < -0.39 is 6.10 Å². The molecule has 1 aliphatic heterocycles. The van der Waals surface area contributed by atoms with E-state index in [9.17, 15) is 9.59 Å². The van der Waals surface area contributed by atoms with E-state index in [1.165, 1.54) is 0 Å². The number of hydrogen-bond acceptors (Lipinski definition) is 3. The predicted octanol–water partition coefficient (Wildman–Crippen LogP) is 3.04. The van der Waals surface area contributed by atoms with Gasteiger partial charge in [0.2, 0.25) is 0 Å². The van der Waals surface area contributed by atoms with Crippen molar-refractivity contribution < 1.29 is 14.3 Å². The van der Waals surface area contributed by atoms with Gasteiger partial charge in [0.15, 0.2) is 0 Å². The van der Waals surface area contributed by atoms with Crippen molar-refractivity contribution in [2.75, 3.05) is 17.2 Å². The van der Waals surface area contributed by atoms with Crippen molar-refractivity contribution in [3.63, 3.8) is 0 Å². The highest BCUT2D eigenvalue weighted by molar-refractivity contribution is 6.05. The Hall–Kier alpha value is -3.10. The van der Waals surface area contributed by atoms with Crippen molar-refractivity contribution in [3.8, 4) is 12.3 Å². The molecule has 126 valence electrons. The van der Waals surface area contributed by atoms with Crippen molar-refractivity contribution in [3.05, 3.63) is 59.7 Å². The van der Waals surface area contributed by atoms with E-state index >= 15 is 0 Å². The van der Waals surface area contributed by atoms with Crippen LogP contribution >= 0.6 is 0 Å². The zero-order chi connectivity index (χ0) is 17.6. The van der Waals surface area contributed by atoms with Crippen molar-refractivity contribution in [2.45, 2.75) is 18.9 Å². The molecule has 3 rings (SSSR count). The van der Waals surface area contributed by atoms with Crippen molar-refractivity contribution >= 4 is 23.2 Å². The Bertz CT molecular complexity index is 833. The third-order valence-electron chi connectivity index (χ3n) is 3.90. The third-order valence-corrected chi connectivity index (χ3v) is 3.90. The summed E-state index contributed by atoms with van der Waals surface area (Å²) in [4.78, 5) is 24.5. The van der Waals surface area contributed by atoms with E-state index in [4.69, 9.17) is 11.2 Å². The summed E-state index contributed by atoms with van der Waals surface area (Å²) in [6.07, 6.45) is 6.56. The van der Waals surface area contributed by atoms with Gasteiger partial charge in [0.1, 0.15) is 6.10 Å². The highest BCUT2D eigenvalue weighted by atomic mass is 16.5. The Morgan fingerprint density at radius 1 is 1.08 bits per heavy atom. The van der Waals surface area contributed by atoms with E-state index in [1.807, 2.05) is 0 Å². The maximum Gasteiger partial charge on any atom is 0.255 e. The number of terminal acetylenes is 1. The standard InChI is InChI=1S/C20H18N2O3/c1-2-14-6-3-8-16(12-14)21-19(23)15-7-4-9-17(13-15)22-20(24)18-10-5-11-25-18/h1,3-4,6-9,12-13,18H,5,10-11H2,(H,21,23)(H,22,24)/t18-/m1/s1. The molecule has 2 N–H and O–H groups in total. The van der Waals surface area contributed by atoms with Gasteiger partial charge in [0.25, 0.3) is 11.8 Å². The van der Waals surface area contributed by atoms with Crippen LogP contribution in [0.2, 0.25) is 0 Å². The van der Waals surface area contributed by atoms with Crippen LogP contribution in [0, 0.1) is 12.3 Å². The van der Waals surface area contributed by atoms with Gasteiger partial charge in [-0.25, -0.2) is 0 Å². The van der Waals surface area contributed by atoms with Gasteiger partial charge >= 0.3 is 0 Å². The first-order valence-electron chi connectivity index (χ1n) is 8.06. The largest absolute Gasteiger partial charge is 0.368 e. The molecular weight excluding hydrogens is 316 g/mol. The number of carbonyl (C=O) groups excluding carboxylic acids is 2. The van der Waals surface area contributed by atoms with Gasteiger partial charge in [-0.15, -0.1) is 6.42 Å². The molecule has 1 saturated heterocycles. The minimum Gasteiger partial charge on any atom is -0.368 e.